The molecular formula is C14H14ClF2N3O. The smallest absolute Gasteiger partial charge is 0.226 e. The van der Waals surface area contributed by atoms with Crippen LogP contribution in [-0.2, 0) is 18.3 Å². The minimum Gasteiger partial charge on any atom is -0.369 e. The van der Waals surface area contributed by atoms with E-state index >= 15 is 0 Å². The number of halogens is 3. The molecule has 4 nitrogen and oxygen atoms in total. The second kappa shape index (κ2) is 5.81. The lowest BCUT2D eigenvalue weighted by atomic mass is 9.93. The summed E-state index contributed by atoms with van der Waals surface area (Å²) in [6.07, 6.45) is 1.68. The van der Waals surface area contributed by atoms with Crippen molar-refractivity contribution in [3.8, 4) is 0 Å². The fraction of sp³-hybridized carbons (Fsp3) is 0.286. The predicted molar refractivity (Wildman–Crippen MR) is 75.0 cm³/mol. The van der Waals surface area contributed by atoms with E-state index in [2.05, 4.69) is 5.10 Å². The molecule has 7 heteroatoms. The number of aromatic nitrogens is 2. The molecule has 2 aromatic rings. The lowest BCUT2D eigenvalue weighted by Crippen LogP contribution is -2.26. The van der Waals surface area contributed by atoms with Crippen molar-refractivity contribution in [1.82, 2.24) is 9.78 Å². The molecule has 0 bridgehead atoms. The van der Waals surface area contributed by atoms with Gasteiger partial charge in [0.1, 0.15) is 0 Å². The van der Waals surface area contributed by atoms with Gasteiger partial charge in [0.15, 0.2) is 11.6 Å². The number of nitrogens with two attached hydrogens (primary N) is 1. The first kappa shape index (κ1) is 15.4. The maximum atomic E-state index is 13.5. The van der Waals surface area contributed by atoms with Gasteiger partial charge in [-0.2, -0.15) is 5.10 Å². The first-order valence-corrected chi connectivity index (χ1v) is 6.61. The molecule has 0 saturated carbocycles. The fourth-order valence-corrected chi connectivity index (χ4v) is 2.56. The van der Waals surface area contributed by atoms with Crippen molar-refractivity contribution >= 4 is 17.5 Å². The number of hydrogen-bond acceptors (Lipinski definition) is 2. The lowest BCUT2D eigenvalue weighted by Gasteiger charge is -2.16. The highest BCUT2D eigenvalue weighted by Gasteiger charge is 2.25. The minimum atomic E-state index is -1.13. The number of nitrogens with zero attached hydrogens (tertiary/aromatic N) is 2. The molecule has 1 aromatic carbocycles. The monoisotopic (exact) mass is 313 g/mol. The van der Waals surface area contributed by atoms with Crippen LogP contribution in [0.3, 0.4) is 0 Å². The van der Waals surface area contributed by atoms with E-state index in [9.17, 15) is 13.6 Å². The maximum Gasteiger partial charge on any atom is 0.226 e. The normalized spacial score (nSPS) is 12.4. The zero-order chi connectivity index (χ0) is 15.7. The average molecular weight is 314 g/mol. The highest BCUT2D eigenvalue weighted by molar-refractivity contribution is 6.31. The van der Waals surface area contributed by atoms with Crippen LogP contribution in [0.1, 0.15) is 22.7 Å². The third kappa shape index (κ3) is 2.90. The van der Waals surface area contributed by atoms with E-state index in [1.165, 1.54) is 6.07 Å². The fourth-order valence-electron chi connectivity index (χ4n) is 2.33. The topological polar surface area (TPSA) is 60.9 Å². The van der Waals surface area contributed by atoms with Gasteiger partial charge in [-0.25, -0.2) is 8.78 Å². The highest BCUT2D eigenvalue weighted by atomic mass is 35.5. The number of benzene rings is 1. The maximum absolute atomic E-state index is 13.5. The van der Waals surface area contributed by atoms with Gasteiger partial charge in [-0.1, -0.05) is 17.7 Å². The number of carbonyl (C=O) groups is 1. The summed E-state index contributed by atoms with van der Waals surface area (Å²) in [6, 6.07) is 2.33. The molecular weight excluding hydrogens is 300 g/mol. The summed E-state index contributed by atoms with van der Waals surface area (Å²) in [5.74, 6) is -3.46. The lowest BCUT2D eigenvalue weighted by molar-refractivity contribution is -0.119. The Bertz CT molecular complexity index is 680. The molecule has 21 heavy (non-hydrogen) atoms. The van der Waals surface area contributed by atoms with Crippen molar-refractivity contribution in [3.05, 3.63) is 51.8 Å². The van der Waals surface area contributed by atoms with E-state index in [1.54, 1.807) is 24.9 Å². The van der Waals surface area contributed by atoms with Crippen LogP contribution >= 0.6 is 11.6 Å². The van der Waals surface area contributed by atoms with Crippen LogP contribution in [0.15, 0.2) is 18.3 Å². The molecule has 0 saturated heterocycles. The molecule has 0 aliphatic carbocycles. The molecule has 1 atom stereocenters. The second-order valence-electron chi connectivity index (χ2n) is 4.83. The van der Waals surface area contributed by atoms with Crippen molar-refractivity contribution < 1.29 is 13.6 Å². The van der Waals surface area contributed by atoms with E-state index < -0.39 is 23.5 Å². The van der Waals surface area contributed by atoms with Gasteiger partial charge in [0.05, 0.1) is 22.8 Å². The van der Waals surface area contributed by atoms with E-state index in [1.807, 2.05) is 0 Å². The first-order chi connectivity index (χ1) is 9.82. The summed E-state index contributed by atoms with van der Waals surface area (Å²) in [5, 5.41) is 3.72. The molecule has 2 N–H and O–H groups in total. The molecule has 0 aliphatic rings. The number of amides is 1. The van der Waals surface area contributed by atoms with Gasteiger partial charge < -0.3 is 5.73 Å². The van der Waals surface area contributed by atoms with Crippen LogP contribution in [0.2, 0.25) is 5.02 Å². The Balaban J connectivity index is 2.43. The van der Waals surface area contributed by atoms with Gasteiger partial charge in [-0.05, 0) is 30.5 Å². The summed E-state index contributed by atoms with van der Waals surface area (Å²) in [5.41, 5.74) is 7.18. The summed E-state index contributed by atoms with van der Waals surface area (Å²) in [7, 11) is 1.69. The van der Waals surface area contributed by atoms with E-state index in [0.29, 0.717) is 11.3 Å². The summed E-state index contributed by atoms with van der Waals surface area (Å²) < 4.78 is 28.1. The first-order valence-electron chi connectivity index (χ1n) is 6.23. The number of rotatable bonds is 4. The molecule has 0 spiro atoms. The van der Waals surface area contributed by atoms with Gasteiger partial charge in [0.25, 0.3) is 0 Å². The van der Waals surface area contributed by atoms with Crippen molar-refractivity contribution in [2.75, 3.05) is 0 Å². The van der Waals surface area contributed by atoms with Crippen molar-refractivity contribution in [2.45, 2.75) is 19.3 Å². The van der Waals surface area contributed by atoms with E-state index in [0.717, 1.165) is 11.6 Å². The summed E-state index contributed by atoms with van der Waals surface area (Å²) >= 11 is 5.80. The van der Waals surface area contributed by atoms with E-state index in [-0.39, 0.29) is 11.4 Å². The van der Waals surface area contributed by atoms with Crippen molar-refractivity contribution in [1.29, 1.82) is 0 Å². The number of aryl methyl sites for hydroxylation is 2. The molecule has 0 radical (unpaired) electrons. The van der Waals surface area contributed by atoms with Crippen molar-refractivity contribution in [3.63, 3.8) is 0 Å². The minimum absolute atomic E-state index is 0.0751. The number of primary amides is 1. The van der Waals surface area contributed by atoms with Crippen LogP contribution in [0.5, 0.6) is 0 Å². The second-order valence-corrected chi connectivity index (χ2v) is 5.21. The molecule has 1 heterocycles. The van der Waals surface area contributed by atoms with Crippen LogP contribution in [0, 0.1) is 18.6 Å². The SMILES string of the molecule is Cc1cnn(C)c1C(Cc1ccc(F)c(F)c1Cl)C(N)=O. The third-order valence-electron chi connectivity index (χ3n) is 3.39. The Kier molecular flexibility index (Phi) is 4.27. The third-order valence-corrected chi connectivity index (χ3v) is 3.80. The van der Waals surface area contributed by atoms with E-state index in [4.69, 9.17) is 17.3 Å². The van der Waals surface area contributed by atoms with Crippen molar-refractivity contribution in [2.24, 2.45) is 12.8 Å². The Morgan fingerprint density at radius 3 is 2.67 bits per heavy atom. The largest absolute Gasteiger partial charge is 0.369 e. The van der Waals surface area contributed by atoms with Gasteiger partial charge >= 0.3 is 0 Å². The Morgan fingerprint density at radius 2 is 2.14 bits per heavy atom. The zero-order valence-corrected chi connectivity index (χ0v) is 12.3. The molecule has 0 fully saturated rings. The van der Waals surface area contributed by atoms with Crippen LogP contribution in [0.25, 0.3) is 0 Å². The highest BCUT2D eigenvalue weighted by Crippen LogP contribution is 2.29. The Morgan fingerprint density at radius 1 is 1.48 bits per heavy atom. The molecule has 0 aliphatic heterocycles. The summed E-state index contributed by atoms with van der Waals surface area (Å²) in [4.78, 5) is 11.7. The number of hydrogen-bond donors (Lipinski definition) is 1. The molecule has 2 rings (SSSR count). The Labute approximate surface area is 125 Å². The summed E-state index contributed by atoms with van der Waals surface area (Å²) in [6.45, 7) is 1.80. The Hall–Kier alpha value is -1.95. The standard InChI is InChI=1S/C14H14ClF2N3O/c1-7-6-19-20(2)13(7)9(14(18)21)5-8-3-4-10(16)12(17)11(8)15/h3-4,6,9H,5H2,1-2H3,(H2,18,21). The average Bonchev–Trinajstić information content (AvgIpc) is 2.75. The van der Waals surface area contributed by atoms with Crippen LogP contribution in [0.4, 0.5) is 8.78 Å². The van der Waals surface area contributed by atoms with Gasteiger partial charge in [-0.3, -0.25) is 9.48 Å². The molecule has 112 valence electrons. The van der Waals surface area contributed by atoms with Gasteiger partial charge in [0.2, 0.25) is 5.91 Å². The quantitative estimate of drug-likeness (QED) is 0.881. The van der Waals surface area contributed by atoms with Gasteiger partial charge in [-0.15, -0.1) is 0 Å². The van der Waals surface area contributed by atoms with Crippen LogP contribution in [-0.4, -0.2) is 15.7 Å². The van der Waals surface area contributed by atoms with Crippen LogP contribution < -0.4 is 5.73 Å². The molecule has 1 unspecified atom stereocenters. The predicted octanol–water partition coefficient (Wildman–Crippen LogP) is 2.47. The molecule has 1 amide bonds. The van der Waals surface area contributed by atoms with Gasteiger partial charge in [0, 0.05) is 7.05 Å². The molecule has 1 aromatic heterocycles. The number of carbonyl (C=O) groups excluding carboxylic acids is 1. The zero-order valence-electron chi connectivity index (χ0n) is 11.5.